The van der Waals surface area contributed by atoms with Crippen molar-refractivity contribution in [1.29, 1.82) is 0 Å². The fourth-order valence-corrected chi connectivity index (χ4v) is 9.75. The smallest absolute Gasteiger partial charge is 0.246 e. The molecule has 0 radical (unpaired) electrons. The van der Waals surface area contributed by atoms with Gasteiger partial charge < -0.3 is 45.4 Å². The van der Waals surface area contributed by atoms with Crippen LogP contribution in [0.4, 0.5) is 0 Å². The average molecular weight is 995 g/mol. The summed E-state index contributed by atoms with van der Waals surface area (Å²) in [5.74, 6) is -3.29. The molecule has 0 saturated carbocycles. The second-order valence-corrected chi connectivity index (χ2v) is 21.9. The van der Waals surface area contributed by atoms with E-state index in [-0.39, 0.29) is 36.3 Å². The molecule has 1 aliphatic rings. The highest BCUT2D eigenvalue weighted by molar-refractivity contribution is 7.99. The Morgan fingerprint density at radius 3 is 1.77 bits per heavy atom. The van der Waals surface area contributed by atoms with Gasteiger partial charge in [-0.3, -0.25) is 38.5 Å². The standard InChI is InChI=1S/C51H94N8O9S/c1-17-19-21-37(11)45(61)44(58(16)51(67)43(36(9)10)57(15)49(65)40(31-35(7)8)54(12)42(60)23-22-33(3)4)47(63)53-38(18-2)48(64)56(14)41(32-69-29-20-24-59-25-27-68-28-26-59)50(66)55(13)39(46(52)62)30-34(5)6/h17,19,33-41,43-45,61H,18,20-32H2,1-16H3,(H2,52,62)(H,53,63)/b19-17+/t37-,38+,39+,40+,41-,43+,44+,45-/m1/s1. The van der Waals surface area contributed by atoms with Gasteiger partial charge >= 0.3 is 0 Å². The zero-order chi connectivity index (χ0) is 52.9. The lowest BCUT2D eigenvalue weighted by atomic mass is 9.91. The Kier molecular flexibility index (Phi) is 28.9. The number of aliphatic hydroxyl groups is 1. The number of nitrogens with two attached hydrogens (primary N) is 1. The summed E-state index contributed by atoms with van der Waals surface area (Å²) >= 11 is 1.52. The number of likely N-dealkylation sites (N-methyl/N-ethyl adjacent to an activating group) is 5. The van der Waals surface area contributed by atoms with Crippen molar-refractivity contribution in [2.24, 2.45) is 35.3 Å². The van der Waals surface area contributed by atoms with E-state index in [1.165, 1.54) is 64.5 Å². The van der Waals surface area contributed by atoms with Gasteiger partial charge in [0.15, 0.2) is 0 Å². The first-order valence-corrected chi connectivity index (χ1v) is 26.5. The van der Waals surface area contributed by atoms with Gasteiger partial charge in [0.2, 0.25) is 41.4 Å². The molecule has 17 nitrogen and oxygen atoms in total. The predicted molar refractivity (Wildman–Crippen MR) is 276 cm³/mol. The third kappa shape index (κ3) is 20.1. The van der Waals surface area contributed by atoms with E-state index < -0.39 is 89.6 Å². The molecule has 1 rings (SSSR count). The highest BCUT2D eigenvalue weighted by atomic mass is 32.2. The van der Waals surface area contributed by atoms with Crippen molar-refractivity contribution in [3.8, 4) is 0 Å². The van der Waals surface area contributed by atoms with Crippen molar-refractivity contribution in [2.45, 2.75) is 163 Å². The van der Waals surface area contributed by atoms with E-state index in [9.17, 15) is 38.7 Å². The summed E-state index contributed by atoms with van der Waals surface area (Å²) in [5, 5.41) is 14.8. The number of amides is 7. The summed E-state index contributed by atoms with van der Waals surface area (Å²) < 4.78 is 5.47. The largest absolute Gasteiger partial charge is 0.390 e. The normalized spacial score (nSPS) is 16.9. The first kappa shape index (κ1) is 63.3. The van der Waals surface area contributed by atoms with Gasteiger partial charge in [-0.2, -0.15) is 11.8 Å². The third-order valence-electron chi connectivity index (χ3n) is 13.2. The third-order valence-corrected chi connectivity index (χ3v) is 14.3. The predicted octanol–water partition coefficient (Wildman–Crippen LogP) is 4.10. The molecule has 8 atom stereocenters. The highest BCUT2D eigenvalue weighted by Crippen LogP contribution is 2.24. The van der Waals surface area contributed by atoms with Gasteiger partial charge in [0.25, 0.3) is 0 Å². The summed E-state index contributed by atoms with van der Waals surface area (Å²) in [4.78, 5) is 108. The second-order valence-electron chi connectivity index (χ2n) is 20.7. The van der Waals surface area contributed by atoms with Crippen molar-refractivity contribution in [3.05, 3.63) is 12.2 Å². The molecule has 1 heterocycles. The zero-order valence-electron chi connectivity index (χ0n) is 45.4. The molecule has 1 aliphatic heterocycles. The molecule has 0 bridgehead atoms. The summed E-state index contributed by atoms with van der Waals surface area (Å²) in [6.07, 6.45) is 5.27. The fourth-order valence-electron chi connectivity index (χ4n) is 8.66. The lowest BCUT2D eigenvalue weighted by Crippen LogP contribution is -2.63. The van der Waals surface area contributed by atoms with Crippen LogP contribution in [0.2, 0.25) is 0 Å². The molecule has 0 aliphatic carbocycles. The lowest BCUT2D eigenvalue weighted by Gasteiger charge is -2.41. The van der Waals surface area contributed by atoms with E-state index in [4.69, 9.17) is 10.5 Å². The van der Waals surface area contributed by atoms with E-state index in [0.717, 1.165) is 26.1 Å². The van der Waals surface area contributed by atoms with Gasteiger partial charge in [-0.25, -0.2) is 0 Å². The number of hydrogen-bond acceptors (Lipinski definition) is 11. The number of primary amides is 1. The quantitative estimate of drug-likeness (QED) is 0.0666. The van der Waals surface area contributed by atoms with Crippen molar-refractivity contribution in [2.75, 3.05) is 79.6 Å². The summed E-state index contributed by atoms with van der Waals surface area (Å²) in [7, 11) is 7.60. The van der Waals surface area contributed by atoms with Crippen LogP contribution < -0.4 is 11.1 Å². The van der Waals surface area contributed by atoms with Gasteiger partial charge in [0.1, 0.15) is 36.3 Å². The molecule has 4 N–H and O–H groups in total. The minimum atomic E-state index is -1.50. The van der Waals surface area contributed by atoms with Gasteiger partial charge in [-0.1, -0.05) is 81.4 Å². The maximum Gasteiger partial charge on any atom is 0.246 e. The molecule has 0 aromatic carbocycles. The first-order chi connectivity index (χ1) is 32.2. The molecular formula is C51H94N8O9S. The fraction of sp³-hybridized carbons (Fsp3) is 0.824. The number of carbonyl (C=O) groups is 7. The van der Waals surface area contributed by atoms with E-state index >= 15 is 0 Å². The molecule has 1 saturated heterocycles. The lowest BCUT2D eigenvalue weighted by molar-refractivity contribution is -0.156. The molecule has 7 amide bonds. The minimum absolute atomic E-state index is 0.0501. The number of ether oxygens (including phenoxy) is 1. The van der Waals surface area contributed by atoms with Crippen LogP contribution in [0.15, 0.2) is 12.2 Å². The Balaban J connectivity index is 3.65. The highest BCUT2D eigenvalue weighted by Gasteiger charge is 2.44. The summed E-state index contributed by atoms with van der Waals surface area (Å²) in [6, 6.07) is -6.53. The van der Waals surface area contributed by atoms with Crippen LogP contribution in [0, 0.1) is 29.6 Å². The van der Waals surface area contributed by atoms with Gasteiger partial charge in [-0.15, -0.1) is 0 Å². The number of morpholine rings is 1. The van der Waals surface area contributed by atoms with Gasteiger partial charge in [-0.05, 0) is 87.3 Å². The number of nitrogens with zero attached hydrogens (tertiary/aromatic N) is 6. The number of carbonyl (C=O) groups excluding carboxylic acids is 7. The Labute approximate surface area is 420 Å². The number of nitrogens with one attached hydrogen (secondary N) is 1. The van der Waals surface area contributed by atoms with Crippen LogP contribution in [0.1, 0.15) is 121 Å². The van der Waals surface area contributed by atoms with Crippen molar-refractivity contribution < 1.29 is 43.4 Å². The van der Waals surface area contributed by atoms with E-state index in [2.05, 4.69) is 10.2 Å². The van der Waals surface area contributed by atoms with E-state index in [0.29, 0.717) is 50.6 Å². The van der Waals surface area contributed by atoms with Crippen molar-refractivity contribution in [1.82, 2.24) is 34.7 Å². The number of rotatable bonds is 31. The summed E-state index contributed by atoms with van der Waals surface area (Å²) in [6.45, 7) is 24.7. The number of hydrogen-bond donors (Lipinski definition) is 3. The van der Waals surface area contributed by atoms with Gasteiger partial charge in [0, 0.05) is 60.5 Å². The monoisotopic (exact) mass is 995 g/mol. The Morgan fingerprint density at radius 1 is 0.725 bits per heavy atom. The Hall–Kier alpha value is -3.74. The second kappa shape index (κ2) is 31.6. The van der Waals surface area contributed by atoms with E-state index in [1.54, 1.807) is 34.7 Å². The molecule has 69 heavy (non-hydrogen) atoms. The Morgan fingerprint density at radius 2 is 1.26 bits per heavy atom. The van der Waals surface area contributed by atoms with Crippen molar-refractivity contribution in [3.63, 3.8) is 0 Å². The van der Waals surface area contributed by atoms with Crippen LogP contribution in [-0.4, -0.2) is 198 Å². The van der Waals surface area contributed by atoms with Gasteiger partial charge in [0.05, 0.1) is 19.3 Å². The molecule has 18 heteroatoms. The van der Waals surface area contributed by atoms with E-state index in [1.807, 2.05) is 60.6 Å². The molecule has 0 spiro atoms. The SMILES string of the molecule is C/C=C/C[C@@H](C)[C@@H](O)[C@@H](C(=O)N[C@@H](CC)C(=O)N(C)[C@H](CSCCCN1CCOCC1)C(=O)N(C)[C@@H](CC(C)C)C(N)=O)N(C)C(=O)[C@H](C(C)C)N(C)C(=O)[C@H](CC(C)C)N(C)C(=O)CCC(C)C. The molecule has 398 valence electrons. The molecule has 0 aromatic rings. The summed E-state index contributed by atoms with van der Waals surface area (Å²) in [5.41, 5.74) is 5.81. The maximum atomic E-state index is 14.9. The van der Waals surface area contributed by atoms with Crippen LogP contribution in [0.5, 0.6) is 0 Å². The number of aliphatic hydroxyl groups excluding tert-OH is 1. The Bertz CT molecular complexity index is 1660. The molecule has 0 unspecified atom stereocenters. The maximum absolute atomic E-state index is 14.9. The van der Waals surface area contributed by atoms with Crippen LogP contribution >= 0.6 is 11.8 Å². The molecule has 1 fully saturated rings. The first-order valence-electron chi connectivity index (χ1n) is 25.3. The molecule has 0 aromatic heterocycles. The number of allylic oxidation sites excluding steroid dienone is 2. The van der Waals surface area contributed by atoms with Crippen LogP contribution in [0.3, 0.4) is 0 Å². The number of thioether (sulfide) groups is 1. The van der Waals surface area contributed by atoms with Crippen LogP contribution in [-0.2, 0) is 38.3 Å². The minimum Gasteiger partial charge on any atom is -0.390 e. The van der Waals surface area contributed by atoms with Crippen LogP contribution in [0.25, 0.3) is 0 Å². The molecular weight excluding hydrogens is 901 g/mol. The average Bonchev–Trinajstić information content (AvgIpc) is 3.29. The zero-order valence-corrected chi connectivity index (χ0v) is 46.2. The topological polar surface area (TPSA) is 206 Å². The van der Waals surface area contributed by atoms with Crippen molar-refractivity contribution >= 4 is 53.1 Å².